The minimum Gasteiger partial charge on any atom is -0.309 e. The van der Waals surface area contributed by atoms with Crippen LogP contribution in [0.5, 0.6) is 0 Å². The number of halogens is 2. The van der Waals surface area contributed by atoms with Crippen molar-refractivity contribution in [3.8, 4) is 0 Å². The fourth-order valence-electron chi connectivity index (χ4n) is 3.42. The Balaban J connectivity index is 1.82. The van der Waals surface area contributed by atoms with Gasteiger partial charge in [0, 0.05) is 17.3 Å². The standard InChI is InChI=1S/C13H23Cl2N/c1-2-13(8-14,9-15)16-7-12-6-10-3-4-11(12)5-10/h10-12,16H,2-9H2,1H3. The highest BCUT2D eigenvalue weighted by molar-refractivity contribution is 6.22. The van der Waals surface area contributed by atoms with Crippen LogP contribution in [0.15, 0.2) is 0 Å². The van der Waals surface area contributed by atoms with Gasteiger partial charge in [0.15, 0.2) is 0 Å². The predicted molar refractivity (Wildman–Crippen MR) is 71.4 cm³/mol. The molecule has 94 valence electrons. The minimum absolute atomic E-state index is 0.0368. The molecule has 2 aliphatic carbocycles. The lowest BCUT2D eigenvalue weighted by Gasteiger charge is -2.33. The highest BCUT2D eigenvalue weighted by atomic mass is 35.5. The van der Waals surface area contributed by atoms with E-state index in [4.69, 9.17) is 23.2 Å². The van der Waals surface area contributed by atoms with E-state index >= 15 is 0 Å². The van der Waals surface area contributed by atoms with Crippen molar-refractivity contribution < 1.29 is 0 Å². The highest BCUT2D eigenvalue weighted by Crippen LogP contribution is 2.48. The normalized spacial score (nSPS) is 33.6. The molecular formula is C13H23Cl2N. The third-order valence-corrected chi connectivity index (χ3v) is 5.84. The monoisotopic (exact) mass is 263 g/mol. The maximum atomic E-state index is 6.04. The van der Waals surface area contributed by atoms with E-state index in [-0.39, 0.29) is 5.54 Å². The minimum atomic E-state index is -0.0368. The summed E-state index contributed by atoms with van der Waals surface area (Å²) in [6, 6.07) is 0. The van der Waals surface area contributed by atoms with Gasteiger partial charge in [-0.2, -0.15) is 0 Å². The van der Waals surface area contributed by atoms with Crippen molar-refractivity contribution in [3.63, 3.8) is 0 Å². The van der Waals surface area contributed by atoms with Crippen molar-refractivity contribution in [2.75, 3.05) is 18.3 Å². The molecule has 0 aromatic rings. The summed E-state index contributed by atoms with van der Waals surface area (Å²) < 4.78 is 0. The van der Waals surface area contributed by atoms with E-state index < -0.39 is 0 Å². The van der Waals surface area contributed by atoms with E-state index in [2.05, 4.69) is 12.2 Å². The van der Waals surface area contributed by atoms with Crippen molar-refractivity contribution in [2.24, 2.45) is 17.8 Å². The van der Waals surface area contributed by atoms with Crippen LogP contribution >= 0.6 is 23.2 Å². The van der Waals surface area contributed by atoms with Crippen LogP contribution in [0, 0.1) is 17.8 Å². The van der Waals surface area contributed by atoms with Crippen molar-refractivity contribution in [3.05, 3.63) is 0 Å². The van der Waals surface area contributed by atoms with Gasteiger partial charge in [0.2, 0.25) is 0 Å². The van der Waals surface area contributed by atoms with Gasteiger partial charge in [-0.25, -0.2) is 0 Å². The number of alkyl halides is 2. The topological polar surface area (TPSA) is 12.0 Å². The molecule has 0 heterocycles. The van der Waals surface area contributed by atoms with E-state index in [0.717, 1.165) is 30.7 Å². The molecule has 1 nitrogen and oxygen atoms in total. The molecule has 0 amide bonds. The highest BCUT2D eigenvalue weighted by Gasteiger charge is 2.40. The summed E-state index contributed by atoms with van der Waals surface area (Å²) in [6.45, 7) is 3.28. The van der Waals surface area contributed by atoms with Gasteiger partial charge >= 0.3 is 0 Å². The lowest BCUT2D eigenvalue weighted by atomic mass is 9.88. The number of fused-ring (bicyclic) bond motifs is 2. The quantitative estimate of drug-likeness (QED) is 0.722. The molecule has 1 N–H and O–H groups in total. The lowest BCUT2D eigenvalue weighted by Crippen LogP contribution is -2.50. The predicted octanol–water partition coefficient (Wildman–Crippen LogP) is 3.64. The Hall–Kier alpha value is 0.540. The third-order valence-electron chi connectivity index (χ3n) is 4.81. The molecule has 3 atom stereocenters. The van der Waals surface area contributed by atoms with Gasteiger partial charge in [-0.3, -0.25) is 0 Å². The second-order valence-corrected chi connectivity index (χ2v) is 6.25. The first-order valence-corrected chi connectivity index (χ1v) is 7.67. The smallest absolute Gasteiger partial charge is 0.0451 e. The Morgan fingerprint density at radius 3 is 2.38 bits per heavy atom. The van der Waals surface area contributed by atoms with Gasteiger partial charge < -0.3 is 5.32 Å². The number of hydrogen-bond acceptors (Lipinski definition) is 1. The molecule has 3 unspecified atom stereocenters. The van der Waals surface area contributed by atoms with Crippen molar-refractivity contribution in [1.82, 2.24) is 5.32 Å². The van der Waals surface area contributed by atoms with Crippen molar-refractivity contribution in [2.45, 2.75) is 44.6 Å². The van der Waals surface area contributed by atoms with Gasteiger partial charge in [0.05, 0.1) is 0 Å². The first-order valence-electron chi connectivity index (χ1n) is 6.60. The Morgan fingerprint density at radius 1 is 1.19 bits per heavy atom. The summed E-state index contributed by atoms with van der Waals surface area (Å²) >= 11 is 12.1. The zero-order chi connectivity index (χ0) is 11.6. The van der Waals surface area contributed by atoms with Gasteiger partial charge in [0.25, 0.3) is 0 Å². The van der Waals surface area contributed by atoms with Gasteiger partial charge in [-0.1, -0.05) is 13.3 Å². The largest absolute Gasteiger partial charge is 0.309 e. The Kier molecular flexibility index (Phi) is 4.43. The number of rotatable bonds is 6. The van der Waals surface area contributed by atoms with E-state index in [9.17, 15) is 0 Å². The molecule has 0 aromatic heterocycles. The van der Waals surface area contributed by atoms with E-state index in [0.29, 0.717) is 11.8 Å². The van der Waals surface area contributed by atoms with Gasteiger partial charge in [-0.15, -0.1) is 23.2 Å². The molecule has 2 bridgehead atoms. The van der Waals surface area contributed by atoms with Crippen molar-refractivity contribution in [1.29, 1.82) is 0 Å². The van der Waals surface area contributed by atoms with Gasteiger partial charge in [0.1, 0.15) is 0 Å². The van der Waals surface area contributed by atoms with E-state index in [1.807, 2.05) is 0 Å². The molecule has 0 saturated heterocycles. The Labute approximate surface area is 109 Å². The van der Waals surface area contributed by atoms with Gasteiger partial charge in [-0.05, 0) is 50.0 Å². The molecule has 2 saturated carbocycles. The molecule has 0 radical (unpaired) electrons. The number of nitrogens with one attached hydrogen (secondary N) is 1. The molecule has 2 rings (SSSR count). The fraction of sp³-hybridized carbons (Fsp3) is 1.00. The fourth-order valence-corrected chi connectivity index (χ4v) is 4.27. The summed E-state index contributed by atoms with van der Waals surface area (Å²) in [6.07, 6.45) is 6.86. The summed E-state index contributed by atoms with van der Waals surface area (Å²) in [5.74, 6) is 4.13. The lowest BCUT2D eigenvalue weighted by molar-refractivity contribution is 0.277. The van der Waals surface area contributed by atoms with Crippen LogP contribution < -0.4 is 5.32 Å². The van der Waals surface area contributed by atoms with Crippen LogP contribution in [0.4, 0.5) is 0 Å². The molecule has 0 aliphatic heterocycles. The molecule has 0 spiro atoms. The maximum absolute atomic E-state index is 6.04. The summed E-state index contributed by atoms with van der Waals surface area (Å²) in [5, 5.41) is 3.65. The molecule has 16 heavy (non-hydrogen) atoms. The van der Waals surface area contributed by atoms with Crippen LogP contribution in [0.3, 0.4) is 0 Å². The zero-order valence-electron chi connectivity index (χ0n) is 10.1. The molecule has 0 aromatic carbocycles. The first-order chi connectivity index (χ1) is 7.73. The Morgan fingerprint density at radius 2 is 1.94 bits per heavy atom. The summed E-state index contributed by atoms with van der Waals surface area (Å²) in [4.78, 5) is 0. The SMILES string of the molecule is CCC(CCl)(CCl)NCC1CC2CCC1C2. The average molecular weight is 264 g/mol. The van der Waals surface area contributed by atoms with E-state index in [1.165, 1.54) is 25.7 Å². The summed E-state index contributed by atoms with van der Waals surface area (Å²) in [5.41, 5.74) is -0.0368. The molecule has 2 aliphatic rings. The van der Waals surface area contributed by atoms with Crippen molar-refractivity contribution >= 4 is 23.2 Å². The zero-order valence-corrected chi connectivity index (χ0v) is 11.7. The van der Waals surface area contributed by atoms with Crippen LogP contribution in [0.25, 0.3) is 0 Å². The Bertz CT molecular complexity index is 220. The van der Waals surface area contributed by atoms with Crippen LogP contribution in [-0.4, -0.2) is 23.8 Å². The second-order valence-electron chi connectivity index (χ2n) is 5.72. The molecule has 2 fully saturated rings. The first kappa shape index (κ1) is 13.0. The molecule has 3 heteroatoms. The van der Waals surface area contributed by atoms with Crippen LogP contribution in [0.1, 0.15) is 39.0 Å². The van der Waals surface area contributed by atoms with Crippen LogP contribution in [-0.2, 0) is 0 Å². The summed E-state index contributed by atoms with van der Waals surface area (Å²) in [7, 11) is 0. The number of hydrogen-bond donors (Lipinski definition) is 1. The maximum Gasteiger partial charge on any atom is 0.0451 e. The van der Waals surface area contributed by atoms with E-state index in [1.54, 1.807) is 0 Å². The van der Waals surface area contributed by atoms with Crippen LogP contribution in [0.2, 0.25) is 0 Å². The second kappa shape index (κ2) is 5.46. The average Bonchev–Trinajstić information content (AvgIpc) is 2.93. The third kappa shape index (κ3) is 2.52. The molecular weight excluding hydrogens is 241 g/mol.